The molecule has 2 nitrogen and oxygen atoms in total. The maximum Gasteiger partial charge on any atom is 0.136 e. The third-order valence-electron chi connectivity index (χ3n) is 10.5. The van der Waals surface area contributed by atoms with Gasteiger partial charge in [-0.3, -0.25) is 0 Å². The average molecular weight is 680 g/mol. The van der Waals surface area contributed by atoms with Crippen LogP contribution in [-0.4, -0.2) is 4.98 Å². The van der Waals surface area contributed by atoms with Gasteiger partial charge < -0.3 is 4.42 Å². The first-order valence-electron chi connectivity index (χ1n) is 17.6. The second kappa shape index (κ2) is 11.5. The Kier molecular flexibility index (Phi) is 6.46. The number of fused-ring (bicyclic) bond motifs is 9. The molecular weight excluding hydrogens is 651 g/mol. The Balaban J connectivity index is 1.12. The van der Waals surface area contributed by atoms with E-state index >= 15 is 0 Å². The van der Waals surface area contributed by atoms with Crippen molar-refractivity contribution >= 4 is 75.1 Å². The molecule has 0 fully saturated rings. The number of hydrogen-bond acceptors (Lipinski definition) is 3. The van der Waals surface area contributed by atoms with E-state index in [-0.39, 0.29) is 0 Å². The topological polar surface area (TPSA) is 26.0 Å². The van der Waals surface area contributed by atoms with Gasteiger partial charge in [-0.25, -0.2) is 4.98 Å². The summed E-state index contributed by atoms with van der Waals surface area (Å²) in [4.78, 5) is 5.25. The first-order valence-corrected chi connectivity index (χ1v) is 18.4. The van der Waals surface area contributed by atoms with E-state index < -0.39 is 0 Å². The van der Waals surface area contributed by atoms with Crippen molar-refractivity contribution in [1.29, 1.82) is 0 Å². The molecule has 0 aliphatic heterocycles. The molecule has 52 heavy (non-hydrogen) atoms. The van der Waals surface area contributed by atoms with Crippen LogP contribution in [0.2, 0.25) is 0 Å². The minimum atomic E-state index is 0.864. The number of pyridine rings is 1. The van der Waals surface area contributed by atoms with E-state index in [0.29, 0.717) is 0 Å². The number of hydrogen-bond donors (Lipinski definition) is 0. The maximum atomic E-state index is 6.61. The summed E-state index contributed by atoms with van der Waals surface area (Å²) in [5, 5.41) is 8.28. The fraction of sp³-hybridized carbons (Fsp3) is 0. The molecule has 3 heterocycles. The zero-order valence-electron chi connectivity index (χ0n) is 28.0. The van der Waals surface area contributed by atoms with Gasteiger partial charge in [0, 0.05) is 58.2 Å². The average Bonchev–Trinajstić information content (AvgIpc) is 3.78. The SMILES string of the molecule is c1ccc(-c2nc3ccccc3c3c(-c4cccc(-c5ccc(-c6ccc7sc8ccccc8c7c6)cc5)c4)c4c(cc23)oc2ccccc24)cc1. The molecule has 11 aromatic rings. The lowest BCUT2D eigenvalue weighted by molar-refractivity contribution is 0.669. The van der Waals surface area contributed by atoms with Crippen LogP contribution in [-0.2, 0) is 0 Å². The molecule has 0 saturated carbocycles. The molecule has 0 aliphatic carbocycles. The summed E-state index contributed by atoms with van der Waals surface area (Å²) >= 11 is 1.86. The van der Waals surface area contributed by atoms with Crippen molar-refractivity contribution in [2.24, 2.45) is 0 Å². The van der Waals surface area contributed by atoms with Crippen LogP contribution in [0.5, 0.6) is 0 Å². The molecule has 3 aromatic heterocycles. The molecular formula is C49H29NOS. The van der Waals surface area contributed by atoms with Crippen LogP contribution in [0.3, 0.4) is 0 Å². The van der Waals surface area contributed by atoms with Gasteiger partial charge in [0.25, 0.3) is 0 Å². The summed E-state index contributed by atoms with van der Waals surface area (Å²) in [6.07, 6.45) is 0. The zero-order valence-corrected chi connectivity index (χ0v) is 28.8. The molecule has 0 aliphatic rings. The highest BCUT2D eigenvalue weighted by molar-refractivity contribution is 7.25. The van der Waals surface area contributed by atoms with Gasteiger partial charge in [-0.2, -0.15) is 0 Å². The van der Waals surface area contributed by atoms with E-state index in [4.69, 9.17) is 9.40 Å². The summed E-state index contributed by atoms with van der Waals surface area (Å²) in [5.41, 5.74) is 11.9. The van der Waals surface area contributed by atoms with Crippen molar-refractivity contribution in [3.05, 3.63) is 176 Å². The Labute approximate surface area is 303 Å². The van der Waals surface area contributed by atoms with E-state index in [1.54, 1.807) is 0 Å². The predicted molar refractivity (Wildman–Crippen MR) is 221 cm³/mol. The highest BCUT2D eigenvalue weighted by Gasteiger charge is 2.22. The number of furan rings is 1. The predicted octanol–water partition coefficient (Wildman–Crippen LogP) is 14.3. The van der Waals surface area contributed by atoms with Crippen molar-refractivity contribution < 1.29 is 4.42 Å². The maximum absolute atomic E-state index is 6.61. The van der Waals surface area contributed by atoms with Crippen LogP contribution in [0.15, 0.2) is 180 Å². The van der Waals surface area contributed by atoms with Crippen LogP contribution in [0, 0.1) is 0 Å². The van der Waals surface area contributed by atoms with Gasteiger partial charge in [0.15, 0.2) is 0 Å². The first kappa shape index (κ1) is 29.2. The van der Waals surface area contributed by atoms with Gasteiger partial charge in [0.2, 0.25) is 0 Å². The number of thiophene rings is 1. The Bertz CT molecular complexity index is 3170. The highest BCUT2D eigenvalue weighted by Crippen LogP contribution is 2.47. The van der Waals surface area contributed by atoms with Crippen LogP contribution < -0.4 is 0 Å². The van der Waals surface area contributed by atoms with Gasteiger partial charge >= 0.3 is 0 Å². The number of nitrogens with zero attached hydrogens (tertiary/aromatic N) is 1. The summed E-state index contributed by atoms with van der Waals surface area (Å²) in [6, 6.07) is 63.1. The number of para-hydroxylation sites is 2. The molecule has 8 aromatic carbocycles. The zero-order chi connectivity index (χ0) is 34.2. The molecule has 11 rings (SSSR count). The van der Waals surface area contributed by atoms with Crippen molar-refractivity contribution in [3.63, 3.8) is 0 Å². The van der Waals surface area contributed by atoms with Crippen molar-refractivity contribution in [1.82, 2.24) is 4.98 Å². The van der Waals surface area contributed by atoms with E-state index in [2.05, 4.69) is 170 Å². The van der Waals surface area contributed by atoms with Gasteiger partial charge in [-0.15, -0.1) is 11.3 Å². The summed E-state index contributed by atoms with van der Waals surface area (Å²) < 4.78 is 9.27. The summed E-state index contributed by atoms with van der Waals surface area (Å²) in [5.74, 6) is 0. The van der Waals surface area contributed by atoms with E-state index in [0.717, 1.165) is 55.0 Å². The molecule has 0 radical (unpaired) electrons. The minimum absolute atomic E-state index is 0.864. The fourth-order valence-corrected chi connectivity index (χ4v) is 9.12. The number of aromatic nitrogens is 1. The molecule has 0 N–H and O–H groups in total. The van der Waals surface area contributed by atoms with Crippen LogP contribution in [0.4, 0.5) is 0 Å². The normalized spacial score (nSPS) is 11.8. The van der Waals surface area contributed by atoms with E-state index in [9.17, 15) is 0 Å². The minimum Gasteiger partial charge on any atom is -0.456 e. The van der Waals surface area contributed by atoms with Gasteiger partial charge in [0.05, 0.1) is 11.2 Å². The Hall–Kier alpha value is -6.55. The molecule has 3 heteroatoms. The summed E-state index contributed by atoms with van der Waals surface area (Å²) in [6.45, 7) is 0. The largest absolute Gasteiger partial charge is 0.456 e. The Morgan fingerprint density at radius 2 is 1.00 bits per heavy atom. The van der Waals surface area contributed by atoms with E-state index in [1.165, 1.54) is 53.4 Å². The molecule has 0 atom stereocenters. The van der Waals surface area contributed by atoms with Crippen LogP contribution >= 0.6 is 11.3 Å². The third kappa shape index (κ3) is 4.53. The fourth-order valence-electron chi connectivity index (χ4n) is 8.04. The summed E-state index contributed by atoms with van der Waals surface area (Å²) in [7, 11) is 0. The van der Waals surface area contributed by atoms with Gasteiger partial charge in [0.1, 0.15) is 11.2 Å². The highest BCUT2D eigenvalue weighted by atomic mass is 32.1. The van der Waals surface area contributed by atoms with Crippen LogP contribution in [0.25, 0.3) is 108 Å². The van der Waals surface area contributed by atoms with Crippen molar-refractivity contribution in [2.45, 2.75) is 0 Å². The molecule has 0 amide bonds. The Morgan fingerprint density at radius 3 is 1.85 bits per heavy atom. The van der Waals surface area contributed by atoms with Crippen LogP contribution in [0.1, 0.15) is 0 Å². The number of rotatable bonds is 4. The Morgan fingerprint density at radius 1 is 0.365 bits per heavy atom. The molecule has 0 spiro atoms. The number of benzene rings is 8. The molecule has 0 unspecified atom stereocenters. The van der Waals surface area contributed by atoms with Crippen molar-refractivity contribution in [3.8, 4) is 44.6 Å². The lowest BCUT2D eigenvalue weighted by atomic mass is 9.88. The second-order valence-electron chi connectivity index (χ2n) is 13.5. The molecule has 0 bridgehead atoms. The monoisotopic (exact) mass is 679 g/mol. The molecule has 242 valence electrons. The lowest BCUT2D eigenvalue weighted by Gasteiger charge is -2.16. The molecule has 0 saturated heterocycles. The van der Waals surface area contributed by atoms with Crippen molar-refractivity contribution in [2.75, 3.05) is 0 Å². The van der Waals surface area contributed by atoms with E-state index in [1.807, 2.05) is 17.4 Å². The van der Waals surface area contributed by atoms with Gasteiger partial charge in [-0.1, -0.05) is 133 Å². The quantitative estimate of drug-likeness (QED) is 0.173. The first-order chi connectivity index (χ1) is 25.8. The lowest BCUT2D eigenvalue weighted by Crippen LogP contribution is -1.93. The second-order valence-corrected chi connectivity index (χ2v) is 14.5. The smallest absolute Gasteiger partial charge is 0.136 e. The third-order valence-corrected chi connectivity index (χ3v) is 11.6. The standard InChI is InChI=1S/C49H29NOS/c1-2-11-32(12-3-1)49-40-29-43-48(38-17-5-8-19-42(38)51-43)46(47(40)37-16-4-7-18-41(37)50-49)35-14-10-13-33(27-35)30-21-23-31(24-22-30)34-25-26-45-39(28-34)36-15-6-9-20-44(36)52-45/h1-29H. The van der Waals surface area contributed by atoms with Gasteiger partial charge in [-0.05, 0) is 70.3 Å².